The Kier molecular flexibility index (Phi) is 7.68. The van der Waals surface area contributed by atoms with Crippen molar-refractivity contribution in [3.63, 3.8) is 0 Å². The molecule has 182 valence electrons. The van der Waals surface area contributed by atoms with E-state index in [4.69, 9.17) is 9.47 Å². The largest absolute Gasteiger partial charge is 0.484 e. The smallest absolute Gasteiger partial charge is 0.234 e. The minimum Gasteiger partial charge on any atom is -0.484 e. The van der Waals surface area contributed by atoms with Gasteiger partial charge in [0.15, 0.2) is 0 Å². The molecule has 0 aliphatic carbocycles. The zero-order valence-electron chi connectivity index (χ0n) is 19.9. The number of nitrogens with zero attached hydrogens (tertiary/aromatic N) is 3. The number of benzene rings is 2. The van der Waals surface area contributed by atoms with Gasteiger partial charge in [-0.15, -0.1) is 0 Å². The molecule has 2 aliphatic rings. The summed E-state index contributed by atoms with van der Waals surface area (Å²) in [6.45, 7) is 5.25. The van der Waals surface area contributed by atoms with E-state index in [9.17, 15) is 4.79 Å². The minimum absolute atomic E-state index is 0.0124. The highest BCUT2D eigenvalue weighted by Gasteiger charge is 2.27. The summed E-state index contributed by atoms with van der Waals surface area (Å²) in [5.41, 5.74) is 3.31. The SMILES string of the molecule is O=C(CN1Cc2ccccc2O[C@H](c2ccccc2)C1)NC[C@@H](c1cccnc1)N1CCOCC1. The van der Waals surface area contributed by atoms with E-state index >= 15 is 0 Å². The van der Waals surface area contributed by atoms with Crippen LogP contribution in [0.5, 0.6) is 5.75 Å². The van der Waals surface area contributed by atoms with E-state index in [1.165, 1.54) is 0 Å². The summed E-state index contributed by atoms with van der Waals surface area (Å²) in [5, 5.41) is 3.19. The van der Waals surface area contributed by atoms with Gasteiger partial charge >= 0.3 is 0 Å². The Bertz CT molecular complexity index is 1090. The van der Waals surface area contributed by atoms with Crippen LogP contribution in [-0.2, 0) is 16.1 Å². The molecule has 0 radical (unpaired) electrons. The van der Waals surface area contributed by atoms with E-state index in [0.29, 0.717) is 39.4 Å². The molecule has 0 bridgehead atoms. The summed E-state index contributed by atoms with van der Waals surface area (Å²) in [5.74, 6) is 0.895. The van der Waals surface area contributed by atoms with Crippen LogP contribution < -0.4 is 10.1 Å². The highest BCUT2D eigenvalue weighted by molar-refractivity contribution is 5.78. The van der Waals surface area contributed by atoms with Gasteiger partial charge in [0.2, 0.25) is 5.91 Å². The van der Waals surface area contributed by atoms with Gasteiger partial charge in [0, 0.05) is 50.7 Å². The number of morpholine rings is 1. The predicted molar refractivity (Wildman–Crippen MR) is 134 cm³/mol. The molecular formula is C28H32N4O3. The second-order valence-corrected chi connectivity index (χ2v) is 9.05. The van der Waals surface area contributed by atoms with Crippen molar-refractivity contribution in [3.8, 4) is 5.75 Å². The first-order chi connectivity index (χ1) is 17.3. The second kappa shape index (κ2) is 11.4. The molecule has 0 spiro atoms. The van der Waals surface area contributed by atoms with Crippen LogP contribution in [0.3, 0.4) is 0 Å². The molecule has 0 saturated carbocycles. The third kappa shape index (κ3) is 6.06. The summed E-state index contributed by atoms with van der Waals surface area (Å²) in [7, 11) is 0. The van der Waals surface area contributed by atoms with Crippen LogP contribution in [0.25, 0.3) is 0 Å². The van der Waals surface area contributed by atoms with Crippen molar-refractivity contribution in [2.45, 2.75) is 18.7 Å². The highest BCUT2D eigenvalue weighted by atomic mass is 16.5. The van der Waals surface area contributed by atoms with Crippen LogP contribution in [0.4, 0.5) is 0 Å². The molecule has 1 amide bonds. The van der Waals surface area contributed by atoms with Crippen LogP contribution in [0, 0.1) is 0 Å². The predicted octanol–water partition coefficient (Wildman–Crippen LogP) is 3.21. The number of para-hydroxylation sites is 1. The standard InChI is InChI=1S/C28H32N4O3/c33-28(30-18-25(23-10-6-12-29-17-23)32-13-15-34-16-14-32)21-31-19-24-9-4-5-11-26(24)35-27(20-31)22-7-2-1-3-8-22/h1-12,17,25,27H,13-16,18-21H2,(H,30,33)/t25-,27-/m0/s1. The van der Waals surface area contributed by atoms with E-state index in [1.54, 1.807) is 6.20 Å². The Labute approximate surface area is 206 Å². The molecule has 0 unspecified atom stereocenters. The van der Waals surface area contributed by atoms with Crippen molar-refractivity contribution in [2.75, 3.05) is 45.9 Å². The molecule has 7 nitrogen and oxygen atoms in total. The van der Waals surface area contributed by atoms with Gasteiger partial charge in [0.25, 0.3) is 0 Å². The number of pyridine rings is 1. The van der Waals surface area contributed by atoms with Crippen LogP contribution >= 0.6 is 0 Å². The van der Waals surface area contributed by atoms with Gasteiger partial charge in [-0.05, 0) is 23.3 Å². The van der Waals surface area contributed by atoms with Crippen LogP contribution in [0.15, 0.2) is 79.1 Å². The number of amides is 1. The van der Waals surface area contributed by atoms with Gasteiger partial charge in [-0.3, -0.25) is 19.6 Å². The maximum atomic E-state index is 13.1. The molecule has 7 heteroatoms. The quantitative estimate of drug-likeness (QED) is 0.570. The van der Waals surface area contributed by atoms with E-state index in [0.717, 1.165) is 35.5 Å². The summed E-state index contributed by atoms with van der Waals surface area (Å²) in [6.07, 6.45) is 3.53. The number of rotatable bonds is 7. The number of hydrogen-bond donors (Lipinski definition) is 1. The average Bonchev–Trinajstić information content (AvgIpc) is 3.09. The number of aromatic nitrogens is 1. The summed E-state index contributed by atoms with van der Waals surface area (Å²) in [6, 6.07) is 22.4. The number of hydrogen-bond acceptors (Lipinski definition) is 6. The lowest BCUT2D eigenvalue weighted by Gasteiger charge is -2.35. The molecular weight excluding hydrogens is 440 g/mol. The topological polar surface area (TPSA) is 66.9 Å². The fraction of sp³-hybridized carbons (Fsp3) is 0.357. The Hall–Kier alpha value is -3.26. The normalized spacial score (nSPS) is 19.7. The fourth-order valence-corrected chi connectivity index (χ4v) is 4.83. The van der Waals surface area contributed by atoms with Crippen molar-refractivity contribution in [2.24, 2.45) is 0 Å². The maximum absolute atomic E-state index is 13.1. The van der Waals surface area contributed by atoms with Crippen LogP contribution in [0.1, 0.15) is 28.8 Å². The van der Waals surface area contributed by atoms with Crippen molar-refractivity contribution in [1.82, 2.24) is 20.1 Å². The summed E-state index contributed by atoms with van der Waals surface area (Å²) >= 11 is 0. The Balaban J connectivity index is 1.27. The second-order valence-electron chi connectivity index (χ2n) is 9.05. The number of carbonyl (C=O) groups is 1. The first-order valence-corrected chi connectivity index (χ1v) is 12.3. The molecule has 2 aliphatic heterocycles. The van der Waals surface area contributed by atoms with Crippen LogP contribution in [-0.4, -0.2) is 66.6 Å². The number of fused-ring (bicyclic) bond motifs is 1. The number of ether oxygens (including phenoxy) is 2. The summed E-state index contributed by atoms with van der Waals surface area (Å²) < 4.78 is 11.9. The van der Waals surface area contributed by atoms with E-state index in [1.807, 2.05) is 48.7 Å². The van der Waals surface area contributed by atoms with Gasteiger partial charge in [0.1, 0.15) is 11.9 Å². The zero-order chi connectivity index (χ0) is 23.9. The molecule has 1 N–H and O–H groups in total. The molecule has 3 heterocycles. The molecule has 2 atom stereocenters. The van der Waals surface area contributed by atoms with Crippen LogP contribution in [0.2, 0.25) is 0 Å². The van der Waals surface area contributed by atoms with E-state index < -0.39 is 0 Å². The molecule has 1 aromatic heterocycles. The number of nitrogens with one attached hydrogen (secondary N) is 1. The molecule has 1 fully saturated rings. The average molecular weight is 473 g/mol. The number of carbonyl (C=O) groups excluding carboxylic acids is 1. The molecule has 2 aromatic carbocycles. The molecule has 35 heavy (non-hydrogen) atoms. The van der Waals surface area contributed by atoms with Gasteiger partial charge in [-0.1, -0.05) is 54.6 Å². The summed E-state index contributed by atoms with van der Waals surface area (Å²) in [4.78, 5) is 22.0. The molecule has 3 aromatic rings. The van der Waals surface area contributed by atoms with Crippen molar-refractivity contribution in [1.29, 1.82) is 0 Å². The van der Waals surface area contributed by atoms with Crippen molar-refractivity contribution in [3.05, 3.63) is 95.8 Å². The third-order valence-electron chi connectivity index (χ3n) is 6.65. The Morgan fingerprint density at radius 2 is 1.83 bits per heavy atom. The first kappa shape index (κ1) is 23.5. The lowest BCUT2D eigenvalue weighted by atomic mass is 10.1. The Morgan fingerprint density at radius 1 is 1.03 bits per heavy atom. The molecule has 5 rings (SSSR count). The monoisotopic (exact) mass is 472 g/mol. The third-order valence-corrected chi connectivity index (χ3v) is 6.65. The van der Waals surface area contributed by atoms with Crippen molar-refractivity contribution >= 4 is 5.91 Å². The lowest BCUT2D eigenvalue weighted by molar-refractivity contribution is -0.122. The maximum Gasteiger partial charge on any atom is 0.234 e. The van der Waals surface area contributed by atoms with Gasteiger partial charge in [-0.25, -0.2) is 0 Å². The van der Waals surface area contributed by atoms with Crippen molar-refractivity contribution < 1.29 is 14.3 Å². The highest BCUT2D eigenvalue weighted by Crippen LogP contribution is 2.31. The Morgan fingerprint density at radius 3 is 2.63 bits per heavy atom. The van der Waals surface area contributed by atoms with Gasteiger partial charge in [0.05, 0.1) is 25.8 Å². The molecule has 1 saturated heterocycles. The van der Waals surface area contributed by atoms with E-state index in [2.05, 4.69) is 44.4 Å². The lowest BCUT2D eigenvalue weighted by Crippen LogP contribution is -2.45. The van der Waals surface area contributed by atoms with Gasteiger partial charge in [-0.2, -0.15) is 0 Å². The minimum atomic E-state index is -0.135. The zero-order valence-corrected chi connectivity index (χ0v) is 19.9. The van der Waals surface area contributed by atoms with E-state index in [-0.39, 0.29) is 18.1 Å². The van der Waals surface area contributed by atoms with Gasteiger partial charge < -0.3 is 14.8 Å². The fourth-order valence-electron chi connectivity index (χ4n) is 4.83. The first-order valence-electron chi connectivity index (χ1n) is 12.3.